The number of aromatic nitrogens is 1. The topological polar surface area (TPSA) is 56.9 Å². The standard InChI is InChI=1S/C18H29N5O.HI/c1-14-11-16(21-24-14)12-22-7-9-23(10-8-22)17(19-2)20-13-18(5-6-18)15-3-4-15;/h11,15H,3-10,12-13H2,1-2H3,(H,19,20);1H. The van der Waals surface area contributed by atoms with Gasteiger partial charge in [0.15, 0.2) is 5.96 Å². The van der Waals surface area contributed by atoms with Gasteiger partial charge in [-0.25, -0.2) is 0 Å². The van der Waals surface area contributed by atoms with E-state index < -0.39 is 0 Å². The van der Waals surface area contributed by atoms with E-state index in [1.807, 2.05) is 20.0 Å². The van der Waals surface area contributed by atoms with Crippen LogP contribution in [0.3, 0.4) is 0 Å². The number of nitrogens with zero attached hydrogens (tertiary/aromatic N) is 4. The minimum absolute atomic E-state index is 0. The Morgan fingerprint density at radius 3 is 2.56 bits per heavy atom. The van der Waals surface area contributed by atoms with Crippen LogP contribution in [0.1, 0.15) is 37.1 Å². The summed E-state index contributed by atoms with van der Waals surface area (Å²) in [7, 11) is 1.91. The molecule has 2 heterocycles. The molecule has 0 aromatic carbocycles. The Labute approximate surface area is 167 Å². The summed E-state index contributed by atoms with van der Waals surface area (Å²) < 4.78 is 5.16. The molecule has 4 rings (SSSR count). The minimum atomic E-state index is 0. The molecule has 0 atom stereocenters. The fourth-order valence-electron chi connectivity index (χ4n) is 4.01. The SMILES string of the molecule is CN=C(NCC1(C2CC2)CC1)N1CCN(Cc2cc(C)on2)CC1.I. The highest BCUT2D eigenvalue weighted by Gasteiger charge is 2.53. The van der Waals surface area contributed by atoms with E-state index in [-0.39, 0.29) is 24.0 Å². The number of hydrogen-bond acceptors (Lipinski definition) is 4. The van der Waals surface area contributed by atoms with Crippen molar-refractivity contribution >= 4 is 29.9 Å². The second-order valence-electron chi connectivity index (χ2n) is 7.73. The highest BCUT2D eigenvalue weighted by Crippen LogP contribution is 2.60. The van der Waals surface area contributed by atoms with Crippen molar-refractivity contribution in [2.24, 2.45) is 16.3 Å². The van der Waals surface area contributed by atoms with Crippen molar-refractivity contribution in [1.82, 2.24) is 20.3 Å². The molecule has 1 aliphatic heterocycles. The van der Waals surface area contributed by atoms with Crippen molar-refractivity contribution in [3.05, 3.63) is 17.5 Å². The maximum atomic E-state index is 5.16. The largest absolute Gasteiger partial charge is 0.361 e. The molecule has 25 heavy (non-hydrogen) atoms. The molecule has 0 bridgehead atoms. The number of nitrogens with one attached hydrogen (secondary N) is 1. The van der Waals surface area contributed by atoms with Crippen LogP contribution >= 0.6 is 24.0 Å². The van der Waals surface area contributed by atoms with E-state index in [9.17, 15) is 0 Å². The van der Waals surface area contributed by atoms with Crippen LogP contribution in [-0.4, -0.2) is 60.7 Å². The Bertz CT molecular complexity index is 600. The summed E-state index contributed by atoms with van der Waals surface area (Å²) in [4.78, 5) is 9.35. The van der Waals surface area contributed by atoms with Crippen molar-refractivity contribution in [2.45, 2.75) is 39.2 Å². The Hall–Kier alpha value is -0.830. The van der Waals surface area contributed by atoms with E-state index in [2.05, 4.69) is 25.3 Å². The van der Waals surface area contributed by atoms with E-state index in [1.165, 1.54) is 25.7 Å². The maximum Gasteiger partial charge on any atom is 0.193 e. The average Bonchev–Trinajstić information content (AvgIpc) is 3.49. The Kier molecular flexibility index (Phi) is 5.92. The zero-order valence-corrected chi connectivity index (χ0v) is 17.7. The molecule has 0 amide bonds. The number of aryl methyl sites for hydroxylation is 1. The van der Waals surface area contributed by atoms with E-state index >= 15 is 0 Å². The van der Waals surface area contributed by atoms with Gasteiger partial charge in [-0.3, -0.25) is 9.89 Å². The lowest BCUT2D eigenvalue weighted by atomic mass is 10.0. The summed E-state index contributed by atoms with van der Waals surface area (Å²) in [6.45, 7) is 8.06. The van der Waals surface area contributed by atoms with Gasteiger partial charge in [-0.05, 0) is 43.9 Å². The maximum absolute atomic E-state index is 5.16. The van der Waals surface area contributed by atoms with Gasteiger partial charge >= 0.3 is 0 Å². The third-order valence-corrected chi connectivity index (χ3v) is 5.88. The lowest BCUT2D eigenvalue weighted by molar-refractivity contribution is 0.168. The molecule has 0 spiro atoms. The van der Waals surface area contributed by atoms with Gasteiger partial charge in [0.2, 0.25) is 0 Å². The van der Waals surface area contributed by atoms with Gasteiger partial charge in [-0.2, -0.15) is 0 Å². The summed E-state index contributed by atoms with van der Waals surface area (Å²) in [5.41, 5.74) is 1.64. The fourth-order valence-corrected chi connectivity index (χ4v) is 4.01. The molecule has 1 aromatic rings. The van der Waals surface area contributed by atoms with Gasteiger partial charge in [-0.15, -0.1) is 24.0 Å². The van der Waals surface area contributed by atoms with Gasteiger partial charge in [0.1, 0.15) is 5.76 Å². The van der Waals surface area contributed by atoms with Crippen LogP contribution in [0.15, 0.2) is 15.6 Å². The average molecular weight is 459 g/mol. The van der Waals surface area contributed by atoms with Crippen molar-refractivity contribution in [2.75, 3.05) is 39.8 Å². The molecule has 6 nitrogen and oxygen atoms in total. The molecule has 140 valence electrons. The van der Waals surface area contributed by atoms with Gasteiger partial charge in [0.25, 0.3) is 0 Å². The molecule has 0 radical (unpaired) electrons. The predicted octanol–water partition coefficient (Wildman–Crippen LogP) is 2.48. The number of guanidine groups is 1. The number of rotatable bonds is 5. The summed E-state index contributed by atoms with van der Waals surface area (Å²) in [5.74, 6) is 2.96. The Morgan fingerprint density at radius 1 is 1.32 bits per heavy atom. The molecule has 1 saturated heterocycles. The summed E-state index contributed by atoms with van der Waals surface area (Å²) in [5, 5.41) is 7.76. The first-order valence-electron chi connectivity index (χ1n) is 9.29. The molecular formula is C18H30IN5O. The number of piperazine rings is 1. The number of aliphatic imine (C=N–C) groups is 1. The van der Waals surface area contributed by atoms with Gasteiger partial charge < -0.3 is 14.7 Å². The lowest BCUT2D eigenvalue weighted by Gasteiger charge is -2.36. The van der Waals surface area contributed by atoms with Crippen LogP contribution in [0.4, 0.5) is 0 Å². The zero-order valence-electron chi connectivity index (χ0n) is 15.3. The van der Waals surface area contributed by atoms with Crippen LogP contribution in [0, 0.1) is 18.3 Å². The second-order valence-corrected chi connectivity index (χ2v) is 7.73. The molecule has 3 fully saturated rings. The van der Waals surface area contributed by atoms with Crippen LogP contribution in [-0.2, 0) is 6.54 Å². The fraction of sp³-hybridized carbons (Fsp3) is 0.778. The summed E-state index contributed by atoms with van der Waals surface area (Å²) in [6.07, 6.45) is 5.71. The minimum Gasteiger partial charge on any atom is -0.361 e. The normalized spacial score (nSPS) is 23.3. The van der Waals surface area contributed by atoms with Crippen molar-refractivity contribution in [3.63, 3.8) is 0 Å². The third-order valence-electron chi connectivity index (χ3n) is 5.88. The molecule has 1 N–H and O–H groups in total. The van der Waals surface area contributed by atoms with E-state index in [0.29, 0.717) is 5.41 Å². The highest BCUT2D eigenvalue weighted by molar-refractivity contribution is 14.0. The first-order chi connectivity index (χ1) is 11.7. The van der Waals surface area contributed by atoms with E-state index in [0.717, 1.165) is 62.6 Å². The molecular weight excluding hydrogens is 429 g/mol. The van der Waals surface area contributed by atoms with Gasteiger partial charge in [0.05, 0.1) is 5.69 Å². The van der Waals surface area contributed by atoms with Crippen molar-refractivity contribution in [3.8, 4) is 0 Å². The third kappa shape index (κ3) is 4.48. The first kappa shape index (κ1) is 18.9. The molecule has 2 saturated carbocycles. The van der Waals surface area contributed by atoms with Crippen LogP contribution in [0.5, 0.6) is 0 Å². The summed E-state index contributed by atoms with van der Waals surface area (Å²) >= 11 is 0. The molecule has 3 aliphatic rings. The second kappa shape index (κ2) is 7.82. The smallest absolute Gasteiger partial charge is 0.193 e. The monoisotopic (exact) mass is 459 g/mol. The lowest BCUT2D eigenvalue weighted by Crippen LogP contribution is -2.53. The molecule has 0 unspecified atom stereocenters. The van der Waals surface area contributed by atoms with Gasteiger partial charge in [-0.1, -0.05) is 5.16 Å². The number of hydrogen-bond donors (Lipinski definition) is 1. The van der Waals surface area contributed by atoms with Gasteiger partial charge in [0, 0.05) is 52.4 Å². The quantitative estimate of drug-likeness (QED) is 0.417. The highest BCUT2D eigenvalue weighted by atomic mass is 127. The predicted molar refractivity (Wildman–Crippen MR) is 109 cm³/mol. The Morgan fingerprint density at radius 2 is 2.04 bits per heavy atom. The van der Waals surface area contributed by atoms with Crippen LogP contribution < -0.4 is 5.32 Å². The first-order valence-corrected chi connectivity index (χ1v) is 9.29. The van der Waals surface area contributed by atoms with Crippen molar-refractivity contribution < 1.29 is 4.52 Å². The molecule has 7 heteroatoms. The summed E-state index contributed by atoms with van der Waals surface area (Å²) in [6, 6.07) is 2.03. The number of halogens is 1. The zero-order chi connectivity index (χ0) is 16.6. The van der Waals surface area contributed by atoms with E-state index in [4.69, 9.17) is 4.52 Å². The Balaban J connectivity index is 0.00000182. The van der Waals surface area contributed by atoms with Crippen LogP contribution in [0.25, 0.3) is 0 Å². The van der Waals surface area contributed by atoms with Crippen molar-refractivity contribution in [1.29, 1.82) is 0 Å². The van der Waals surface area contributed by atoms with E-state index in [1.54, 1.807) is 0 Å². The molecule has 2 aliphatic carbocycles. The van der Waals surface area contributed by atoms with Crippen LogP contribution in [0.2, 0.25) is 0 Å². The molecule has 1 aromatic heterocycles.